The summed E-state index contributed by atoms with van der Waals surface area (Å²) in [5.41, 5.74) is 9.68. The fourth-order valence-corrected chi connectivity index (χ4v) is 2.61. The van der Waals surface area contributed by atoms with Crippen LogP contribution in [-0.2, 0) is 0 Å². The lowest BCUT2D eigenvalue weighted by atomic mass is 9.97. The van der Waals surface area contributed by atoms with Crippen molar-refractivity contribution >= 4 is 15.9 Å². The molecule has 0 aliphatic heterocycles. The zero-order chi connectivity index (χ0) is 13.8. The molecular formula is C16H18BrNO. The summed E-state index contributed by atoms with van der Waals surface area (Å²) >= 11 is 3.62. The van der Waals surface area contributed by atoms with Gasteiger partial charge in [-0.25, -0.2) is 0 Å². The highest BCUT2D eigenvalue weighted by molar-refractivity contribution is 9.10. The molecule has 1 unspecified atom stereocenters. The molecule has 1 atom stereocenters. The van der Waals surface area contributed by atoms with Crippen LogP contribution in [-0.4, -0.2) is 6.61 Å². The van der Waals surface area contributed by atoms with Crippen LogP contribution in [0.25, 0.3) is 0 Å². The normalized spacial score (nSPS) is 12.2. The highest BCUT2D eigenvalue weighted by atomic mass is 79.9. The van der Waals surface area contributed by atoms with Crippen LogP contribution in [0.15, 0.2) is 46.9 Å². The monoisotopic (exact) mass is 319 g/mol. The van der Waals surface area contributed by atoms with Gasteiger partial charge in [-0.05, 0) is 31.0 Å². The lowest BCUT2D eigenvalue weighted by molar-refractivity contribution is 0.335. The van der Waals surface area contributed by atoms with Crippen molar-refractivity contribution in [3.05, 3.63) is 63.6 Å². The molecule has 2 nitrogen and oxygen atoms in total. The van der Waals surface area contributed by atoms with Gasteiger partial charge >= 0.3 is 0 Å². The number of hydrogen-bond acceptors (Lipinski definition) is 2. The number of hydrogen-bond donors (Lipinski definition) is 1. The Kier molecular flexibility index (Phi) is 4.61. The summed E-state index contributed by atoms with van der Waals surface area (Å²) in [6.07, 6.45) is 0. The van der Waals surface area contributed by atoms with Crippen LogP contribution in [0, 0.1) is 6.92 Å². The van der Waals surface area contributed by atoms with Gasteiger partial charge < -0.3 is 10.5 Å². The Morgan fingerprint density at radius 3 is 2.53 bits per heavy atom. The first-order chi connectivity index (χ1) is 9.15. The highest BCUT2D eigenvalue weighted by Gasteiger charge is 2.16. The molecule has 100 valence electrons. The van der Waals surface area contributed by atoms with Gasteiger partial charge in [0.1, 0.15) is 5.75 Å². The van der Waals surface area contributed by atoms with Crippen molar-refractivity contribution in [2.75, 3.05) is 6.61 Å². The molecule has 0 saturated carbocycles. The van der Waals surface area contributed by atoms with Gasteiger partial charge in [0, 0.05) is 10.0 Å². The van der Waals surface area contributed by atoms with E-state index in [2.05, 4.69) is 28.9 Å². The number of ether oxygens (including phenoxy) is 1. The van der Waals surface area contributed by atoms with Gasteiger partial charge in [-0.3, -0.25) is 0 Å². The first-order valence-electron chi connectivity index (χ1n) is 6.37. The van der Waals surface area contributed by atoms with E-state index in [1.165, 1.54) is 5.56 Å². The average molecular weight is 320 g/mol. The maximum Gasteiger partial charge on any atom is 0.124 e. The number of benzene rings is 2. The first kappa shape index (κ1) is 14.1. The lowest BCUT2D eigenvalue weighted by Crippen LogP contribution is -2.14. The Hall–Kier alpha value is -1.32. The van der Waals surface area contributed by atoms with Crippen LogP contribution in [0.2, 0.25) is 0 Å². The largest absolute Gasteiger partial charge is 0.494 e. The van der Waals surface area contributed by atoms with Crippen LogP contribution in [0.4, 0.5) is 0 Å². The Balaban J connectivity index is 2.44. The van der Waals surface area contributed by atoms with E-state index in [0.717, 1.165) is 21.3 Å². The Morgan fingerprint density at radius 1 is 1.11 bits per heavy atom. The molecule has 0 aliphatic carbocycles. The van der Waals surface area contributed by atoms with Gasteiger partial charge in [0.25, 0.3) is 0 Å². The Labute approximate surface area is 122 Å². The Morgan fingerprint density at radius 2 is 1.79 bits per heavy atom. The third kappa shape index (κ3) is 2.99. The fourth-order valence-electron chi connectivity index (χ4n) is 2.10. The zero-order valence-corrected chi connectivity index (χ0v) is 12.8. The van der Waals surface area contributed by atoms with Crippen LogP contribution >= 0.6 is 15.9 Å². The first-order valence-corrected chi connectivity index (χ1v) is 7.16. The average Bonchev–Trinajstić information content (AvgIpc) is 2.42. The van der Waals surface area contributed by atoms with Crippen molar-refractivity contribution in [2.45, 2.75) is 19.9 Å². The number of aryl methyl sites for hydroxylation is 1. The molecule has 3 heteroatoms. The second-order valence-corrected chi connectivity index (χ2v) is 5.22. The van der Waals surface area contributed by atoms with Gasteiger partial charge in [0.05, 0.1) is 12.6 Å². The molecule has 2 aromatic carbocycles. The summed E-state index contributed by atoms with van der Waals surface area (Å²) in [5.74, 6) is 0.853. The molecule has 19 heavy (non-hydrogen) atoms. The van der Waals surface area contributed by atoms with Crippen LogP contribution in [0.3, 0.4) is 0 Å². The molecular weight excluding hydrogens is 302 g/mol. The fraction of sp³-hybridized carbons (Fsp3) is 0.250. The number of halogens is 1. The topological polar surface area (TPSA) is 35.2 Å². The van der Waals surface area contributed by atoms with E-state index in [1.54, 1.807) is 0 Å². The van der Waals surface area contributed by atoms with Crippen molar-refractivity contribution in [2.24, 2.45) is 5.73 Å². The van der Waals surface area contributed by atoms with E-state index in [1.807, 2.05) is 43.3 Å². The number of rotatable bonds is 4. The molecule has 0 heterocycles. The number of nitrogens with two attached hydrogens (primary N) is 1. The van der Waals surface area contributed by atoms with Crippen LogP contribution < -0.4 is 10.5 Å². The minimum absolute atomic E-state index is 0.197. The number of para-hydroxylation sites is 1. The van der Waals surface area contributed by atoms with Crippen LogP contribution in [0.1, 0.15) is 29.7 Å². The molecule has 0 aliphatic rings. The summed E-state index contributed by atoms with van der Waals surface area (Å²) < 4.78 is 6.72. The molecule has 0 saturated heterocycles. The molecule has 0 aromatic heterocycles. The second kappa shape index (κ2) is 6.22. The highest BCUT2D eigenvalue weighted by Crippen LogP contribution is 2.33. The predicted molar refractivity (Wildman–Crippen MR) is 82.5 cm³/mol. The van der Waals surface area contributed by atoms with E-state index in [9.17, 15) is 0 Å². The van der Waals surface area contributed by atoms with Gasteiger partial charge in [0.15, 0.2) is 0 Å². The summed E-state index contributed by atoms with van der Waals surface area (Å²) in [6.45, 7) is 4.68. The summed E-state index contributed by atoms with van der Waals surface area (Å²) in [5, 5.41) is 0. The van der Waals surface area contributed by atoms with E-state index < -0.39 is 0 Å². The molecule has 2 aromatic rings. The molecule has 0 spiro atoms. The molecule has 0 bridgehead atoms. The SMILES string of the molecule is CCOc1ccccc1C(N)c1cccc(C)c1Br. The smallest absolute Gasteiger partial charge is 0.124 e. The third-order valence-corrected chi connectivity index (χ3v) is 4.19. The molecule has 2 N–H and O–H groups in total. The van der Waals surface area contributed by atoms with Crippen molar-refractivity contribution in [1.82, 2.24) is 0 Å². The molecule has 2 rings (SSSR count). The standard InChI is InChI=1S/C16H18BrNO/c1-3-19-14-10-5-4-8-12(14)16(18)13-9-6-7-11(2)15(13)17/h4-10,16H,3,18H2,1-2H3. The molecule has 0 amide bonds. The molecule has 0 fully saturated rings. The maximum atomic E-state index is 6.41. The van der Waals surface area contributed by atoms with E-state index >= 15 is 0 Å². The van der Waals surface area contributed by atoms with Gasteiger partial charge in [-0.15, -0.1) is 0 Å². The quantitative estimate of drug-likeness (QED) is 0.916. The Bertz CT molecular complexity index is 568. The van der Waals surface area contributed by atoms with Gasteiger partial charge in [0.2, 0.25) is 0 Å². The lowest BCUT2D eigenvalue weighted by Gasteiger charge is -2.18. The minimum atomic E-state index is -0.197. The third-order valence-electron chi connectivity index (χ3n) is 3.11. The van der Waals surface area contributed by atoms with E-state index in [4.69, 9.17) is 10.5 Å². The predicted octanol–water partition coefficient (Wildman–Crippen LogP) is 4.20. The minimum Gasteiger partial charge on any atom is -0.494 e. The van der Waals surface area contributed by atoms with Crippen molar-refractivity contribution < 1.29 is 4.74 Å². The van der Waals surface area contributed by atoms with Crippen molar-refractivity contribution in [3.63, 3.8) is 0 Å². The van der Waals surface area contributed by atoms with Crippen molar-refractivity contribution in [3.8, 4) is 5.75 Å². The maximum absolute atomic E-state index is 6.41. The summed E-state index contributed by atoms with van der Waals surface area (Å²) in [6, 6.07) is 13.9. The van der Waals surface area contributed by atoms with E-state index in [-0.39, 0.29) is 6.04 Å². The van der Waals surface area contributed by atoms with Crippen LogP contribution in [0.5, 0.6) is 5.75 Å². The van der Waals surface area contributed by atoms with Gasteiger partial charge in [-0.1, -0.05) is 52.3 Å². The zero-order valence-electron chi connectivity index (χ0n) is 11.2. The molecule has 0 radical (unpaired) electrons. The van der Waals surface area contributed by atoms with Gasteiger partial charge in [-0.2, -0.15) is 0 Å². The second-order valence-electron chi connectivity index (χ2n) is 4.43. The summed E-state index contributed by atoms with van der Waals surface area (Å²) in [7, 11) is 0. The van der Waals surface area contributed by atoms with E-state index in [0.29, 0.717) is 6.61 Å². The summed E-state index contributed by atoms with van der Waals surface area (Å²) in [4.78, 5) is 0. The van der Waals surface area contributed by atoms with Crippen molar-refractivity contribution in [1.29, 1.82) is 0 Å².